The first-order valence-electron chi connectivity index (χ1n) is 10.8. The van der Waals surface area contributed by atoms with Gasteiger partial charge in [0.25, 0.3) is 5.91 Å². The van der Waals surface area contributed by atoms with Crippen LogP contribution >= 0.6 is 0 Å². The maximum Gasteiger partial charge on any atom is 0.295 e. The van der Waals surface area contributed by atoms with E-state index in [1.165, 1.54) is 0 Å². The molecule has 6 heteroatoms. The summed E-state index contributed by atoms with van der Waals surface area (Å²) >= 11 is 0. The third kappa shape index (κ3) is 2.89. The summed E-state index contributed by atoms with van der Waals surface area (Å²) in [6.07, 6.45) is 3.54. The molecule has 1 aliphatic carbocycles. The average molecular weight is 406 g/mol. The summed E-state index contributed by atoms with van der Waals surface area (Å²) in [5, 5.41) is 4.08. The molecule has 5 rings (SSSR count). The zero-order valence-corrected chi connectivity index (χ0v) is 17.6. The molecular formula is C24H26N2O4. The molecule has 0 saturated heterocycles. The number of Topliss-reactive ketones (excluding diaryl/α,β-unsaturated/α-hetero) is 1. The van der Waals surface area contributed by atoms with Gasteiger partial charge in [-0.2, -0.15) is 0 Å². The van der Waals surface area contributed by atoms with E-state index in [0.29, 0.717) is 23.1 Å². The molecular weight excluding hydrogens is 380 g/mol. The topological polar surface area (TPSA) is 72.6 Å². The first-order valence-corrected chi connectivity index (χ1v) is 10.8. The molecule has 3 aliphatic rings. The van der Waals surface area contributed by atoms with Gasteiger partial charge in [-0.3, -0.25) is 14.5 Å². The van der Waals surface area contributed by atoms with Crippen LogP contribution in [0.5, 0.6) is 0 Å². The van der Waals surface area contributed by atoms with Gasteiger partial charge in [0.2, 0.25) is 0 Å². The van der Waals surface area contributed by atoms with Crippen molar-refractivity contribution in [2.45, 2.75) is 58.6 Å². The van der Waals surface area contributed by atoms with Crippen LogP contribution in [0.2, 0.25) is 0 Å². The molecule has 4 atom stereocenters. The first kappa shape index (κ1) is 19.1. The first-order chi connectivity index (χ1) is 14.5. The molecule has 4 unspecified atom stereocenters. The smallest absolute Gasteiger partial charge is 0.295 e. The van der Waals surface area contributed by atoms with Gasteiger partial charge in [0, 0.05) is 6.07 Å². The number of hydrogen-bond acceptors (Lipinski definition) is 5. The van der Waals surface area contributed by atoms with Crippen LogP contribution in [0.15, 0.2) is 46.2 Å². The molecule has 30 heavy (non-hydrogen) atoms. The number of nitrogens with zero attached hydrogens (tertiary/aromatic N) is 2. The second kappa shape index (κ2) is 7.11. The number of carbonyl (C=O) groups excluding carboxylic acids is 2. The highest BCUT2D eigenvalue weighted by Crippen LogP contribution is 2.49. The molecule has 2 aromatic rings. The number of hydrogen-bond donors (Lipinski definition) is 0. The van der Waals surface area contributed by atoms with Gasteiger partial charge in [0.15, 0.2) is 17.4 Å². The van der Waals surface area contributed by atoms with E-state index in [-0.39, 0.29) is 29.5 Å². The lowest BCUT2D eigenvalue weighted by Gasteiger charge is -2.38. The van der Waals surface area contributed by atoms with Crippen molar-refractivity contribution in [2.24, 2.45) is 11.8 Å². The van der Waals surface area contributed by atoms with Crippen molar-refractivity contribution >= 4 is 17.5 Å². The summed E-state index contributed by atoms with van der Waals surface area (Å²) in [5.74, 6) is 1.31. The summed E-state index contributed by atoms with van der Waals surface area (Å²) in [5.41, 5.74) is 2.46. The zero-order chi connectivity index (χ0) is 21.0. The Bertz CT molecular complexity index is 1040. The van der Waals surface area contributed by atoms with Gasteiger partial charge in [0.1, 0.15) is 11.9 Å². The maximum atomic E-state index is 13.7. The van der Waals surface area contributed by atoms with Crippen molar-refractivity contribution in [3.05, 3.63) is 58.6 Å². The molecule has 3 heterocycles. The van der Waals surface area contributed by atoms with Crippen LogP contribution < -0.4 is 4.90 Å². The van der Waals surface area contributed by atoms with Crippen LogP contribution in [0, 0.1) is 25.7 Å². The van der Waals surface area contributed by atoms with Crippen LogP contribution in [-0.2, 0) is 14.3 Å². The normalized spacial score (nSPS) is 28.4. The van der Waals surface area contributed by atoms with E-state index in [9.17, 15) is 9.59 Å². The summed E-state index contributed by atoms with van der Waals surface area (Å²) in [7, 11) is 0. The Labute approximate surface area is 175 Å². The summed E-state index contributed by atoms with van der Waals surface area (Å²) < 4.78 is 11.5. The van der Waals surface area contributed by atoms with Crippen LogP contribution in [0.25, 0.3) is 0 Å². The Morgan fingerprint density at radius 1 is 1.13 bits per heavy atom. The monoisotopic (exact) mass is 406 g/mol. The predicted molar refractivity (Wildman–Crippen MR) is 111 cm³/mol. The van der Waals surface area contributed by atoms with Gasteiger partial charge >= 0.3 is 0 Å². The van der Waals surface area contributed by atoms with E-state index in [1.807, 2.05) is 31.2 Å². The highest BCUT2D eigenvalue weighted by Gasteiger charge is 2.53. The number of anilines is 1. The highest BCUT2D eigenvalue weighted by atomic mass is 16.5. The van der Waals surface area contributed by atoms with Crippen molar-refractivity contribution in [2.75, 3.05) is 4.90 Å². The molecule has 0 spiro atoms. The van der Waals surface area contributed by atoms with Gasteiger partial charge in [0.05, 0.1) is 17.5 Å². The van der Waals surface area contributed by atoms with E-state index in [1.54, 1.807) is 17.9 Å². The lowest BCUT2D eigenvalue weighted by Crippen LogP contribution is -2.41. The molecule has 1 amide bonds. The molecule has 0 bridgehead atoms. The molecule has 1 aromatic heterocycles. The molecule has 6 nitrogen and oxygen atoms in total. The summed E-state index contributed by atoms with van der Waals surface area (Å²) in [6.45, 7) is 5.97. The molecule has 1 aromatic carbocycles. The van der Waals surface area contributed by atoms with Crippen LogP contribution in [-0.4, -0.2) is 23.0 Å². The number of aryl methyl sites for hydroxylation is 2. The fourth-order valence-electron chi connectivity index (χ4n) is 5.09. The second-order valence-electron chi connectivity index (χ2n) is 8.74. The standard InChI is InChI=1S/C24H26N2O4/c1-4-15-7-10-18-17(12-15)22(27)20-21(16-8-5-13(2)6-9-16)26(24(28)23(20)29-18)19-11-14(3)30-25-19/h5-6,8-9,11,15,17-18,21H,4,7,10,12H2,1-3H3. The average Bonchev–Trinajstić information content (AvgIpc) is 3.30. The third-order valence-electron chi connectivity index (χ3n) is 6.79. The van der Waals surface area contributed by atoms with Gasteiger partial charge in [-0.1, -0.05) is 48.3 Å². The number of carbonyl (C=O) groups is 2. The fourth-order valence-corrected chi connectivity index (χ4v) is 5.09. The number of fused-ring (bicyclic) bond motifs is 1. The van der Waals surface area contributed by atoms with Crippen LogP contribution in [0.1, 0.15) is 55.5 Å². The van der Waals surface area contributed by atoms with E-state index in [2.05, 4.69) is 12.1 Å². The van der Waals surface area contributed by atoms with Crippen LogP contribution in [0.3, 0.4) is 0 Å². The van der Waals surface area contributed by atoms with E-state index < -0.39 is 6.04 Å². The van der Waals surface area contributed by atoms with Gasteiger partial charge in [-0.25, -0.2) is 0 Å². The van der Waals surface area contributed by atoms with Gasteiger partial charge in [-0.15, -0.1) is 0 Å². The Morgan fingerprint density at radius 3 is 2.57 bits per heavy atom. The number of ketones is 1. The number of rotatable bonds is 3. The van der Waals surface area contributed by atoms with Gasteiger partial charge in [-0.05, 0) is 44.6 Å². The molecule has 1 fully saturated rings. The van der Waals surface area contributed by atoms with Crippen molar-refractivity contribution in [3.63, 3.8) is 0 Å². The lowest BCUT2D eigenvalue weighted by molar-refractivity contribution is -0.132. The van der Waals surface area contributed by atoms with Crippen LogP contribution in [0.4, 0.5) is 5.82 Å². The molecule has 0 radical (unpaired) electrons. The minimum atomic E-state index is -0.548. The number of benzene rings is 1. The molecule has 0 N–H and O–H groups in total. The van der Waals surface area contributed by atoms with Crippen molar-refractivity contribution in [3.8, 4) is 0 Å². The minimum absolute atomic E-state index is 0.0565. The molecule has 2 aliphatic heterocycles. The minimum Gasteiger partial charge on any atom is -0.483 e. The van der Waals surface area contributed by atoms with E-state index in [4.69, 9.17) is 9.26 Å². The summed E-state index contributed by atoms with van der Waals surface area (Å²) in [6, 6.07) is 9.11. The van der Waals surface area contributed by atoms with Crippen molar-refractivity contribution in [1.29, 1.82) is 0 Å². The third-order valence-corrected chi connectivity index (χ3v) is 6.79. The second-order valence-corrected chi connectivity index (χ2v) is 8.74. The van der Waals surface area contributed by atoms with E-state index in [0.717, 1.165) is 36.8 Å². The predicted octanol–water partition coefficient (Wildman–Crippen LogP) is 4.43. The van der Waals surface area contributed by atoms with Crippen molar-refractivity contribution < 1.29 is 18.8 Å². The van der Waals surface area contributed by atoms with Gasteiger partial charge < -0.3 is 9.26 Å². The van der Waals surface area contributed by atoms with Crippen molar-refractivity contribution in [1.82, 2.24) is 5.16 Å². The SMILES string of the molecule is CCC1CCC2OC3=C(C(=O)C2C1)C(c1ccc(C)cc1)N(c1cc(C)on1)C3=O. The fraction of sp³-hybridized carbons (Fsp3) is 0.458. The van der Waals surface area contributed by atoms with E-state index >= 15 is 0 Å². The largest absolute Gasteiger partial charge is 0.483 e. The zero-order valence-electron chi connectivity index (χ0n) is 17.6. The molecule has 1 saturated carbocycles. The Morgan fingerprint density at radius 2 is 1.90 bits per heavy atom. The number of ether oxygens (including phenoxy) is 1. The molecule has 156 valence electrons. The maximum absolute atomic E-state index is 13.7. The Balaban J connectivity index is 1.62. The highest BCUT2D eigenvalue weighted by molar-refractivity contribution is 6.17. The number of amides is 1. The quantitative estimate of drug-likeness (QED) is 0.754. The summed E-state index contributed by atoms with van der Waals surface area (Å²) in [4.78, 5) is 28.7. The Kier molecular flexibility index (Phi) is 4.53. The number of aromatic nitrogens is 1. The Hall–Kier alpha value is -2.89. The lowest BCUT2D eigenvalue weighted by atomic mass is 9.73.